The molecule has 2 amide bonds. The summed E-state index contributed by atoms with van der Waals surface area (Å²) in [5.74, 6) is 0.333. The molecule has 3 aromatic rings. The Labute approximate surface area is 197 Å². The zero-order valence-corrected chi connectivity index (χ0v) is 19.6. The van der Waals surface area contributed by atoms with Crippen molar-refractivity contribution in [1.82, 2.24) is 5.32 Å². The third kappa shape index (κ3) is 7.76. The van der Waals surface area contributed by atoms with Crippen molar-refractivity contribution in [3.8, 4) is 0 Å². The number of aryl methyl sites for hydroxylation is 1. The van der Waals surface area contributed by atoms with Gasteiger partial charge in [0.2, 0.25) is 5.91 Å². The highest BCUT2D eigenvalue weighted by molar-refractivity contribution is 6.03. The molecule has 0 aliphatic rings. The van der Waals surface area contributed by atoms with Gasteiger partial charge in [0.25, 0.3) is 5.91 Å². The van der Waals surface area contributed by atoms with Crippen LogP contribution in [0.4, 0.5) is 5.69 Å². The molecule has 0 atom stereocenters. The molecule has 0 aliphatic carbocycles. The number of anilines is 1. The number of rotatable bonds is 9. The highest BCUT2D eigenvalue weighted by atomic mass is 16.2. The fourth-order valence-corrected chi connectivity index (χ4v) is 3.47. The summed E-state index contributed by atoms with van der Waals surface area (Å²) in [5.41, 5.74) is 4.91. The first-order valence-corrected chi connectivity index (χ1v) is 11.4. The molecular formula is C29H32N2O2. The van der Waals surface area contributed by atoms with E-state index in [9.17, 15) is 9.59 Å². The third-order valence-electron chi connectivity index (χ3n) is 5.23. The summed E-state index contributed by atoms with van der Waals surface area (Å²) < 4.78 is 0. The smallest absolute Gasteiger partial charge is 0.251 e. The maximum absolute atomic E-state index is 13.2. The normalized spacial score (nSPS) is 11.0. The average molecular weight is 441 g/mol. The first-order chi connectivity index (χ1) is 15.9. The average Bonchev–Trinajstić information content (AvgIpc) is 2.81. The molecular weight excluding hydrogens is 408 g/mol. The fourth-order valence-electron chi connectivity index (χ4n) is 3.47. The lowest BCUT2D eigenvalue weighted by Crippen LogP contribution is -2.29. The van der Waals surface area contributed by atoms with Crippen LogP contribution in [-0.2, 0) is 22.6 Å². The zero-order chi connectivity index (χ0) is 23.6. The second-order valence-electron chi connectivity index (χ2n) is 8.70. The predicted octanol–water partition coefficient (Wildman–Crippen LogP) is 5.56. The number of amides is 2. The number of nitrogens with zero attached hydrogens (tertiary/aromatic N) is 1. The van der Waals surface area contributed by atoms with Crippen LogP contribution >= 0.6 is 0 Å². The summed E-state index contributed by atoms with van der Waals surface area (Å²) in [6.07, 6.45) is 3.77. The lowest BCUT2D eigenvalue weighted by molar-refractivity contribution is -0.120. The van der Waals surface area contributed by atoms with Gasteiger partial charge in [-0.3, -0.25) is 9.59 Å². The molecule has 4 heteroatoms. The van der Waals surface area contributed by atoms with E-state index in [0.29, 0.717) is 25.4 Å². The van der Waals surface area contributed by atoms with Crippen LogP contribution < -0.4 is 10.2 Å². The lowest BCUT2D eigenvalue weighted by atomic mass is 10.1. The quantitative estimate of drug-likeness (QED) is 0.443. The van der Waals surface area contributed by atoms with Crippen LogP contribution in [0.2, 0.25) is 0 Å². The second-order valence-corrected chi connectivity index (χ2v) is 8.70. The first-order valence-electron chi connectivity index (χ1n) is 11.4. The van der Waals surface area contributed by atoms with Crippen LogP contribution in [0.15, 0.2) is 84.9 Å². The Morgan fingerprint density at radius 1 is 0.909 bits per heavy atom. The summed E-state index contributed by atoms with van der Waals surface area (Å²) in [6, 6.07) is 25.6. The van der Waals surface area contributed by atoms with Crippen LogP contribution in [0, 0.1) is 12.8 Å². The number of nitrogens with one attached hydrogen (secondary N) is 1. The Morgan fingerprint density at radius 2 is 1.64 bits per heavy atom. The number of hydrogen-bond donors (Lipinski definition) is 1. The standard InChI is InChI=1S/C29H32N2O2/c1-22(2)20-30-28(32)19-25-12-15-27(16-13-25)31(21-26-11-7-8-23(3)18-26)29(33)17-14-24-9-5-4-6-10-24/h4-18,22H,19-21H2,1-3H3,(H,30,32)/b17-14+. The topological polar surface area (TPSA) is 49.4 Å². The molecule has 4 nitrogen and oxygen atoms in total. The first kappa shape index (κ1) is 24.0. The maximum Gasteiger partial charge on any atom is 0.251 e. The maximum atomic E-state index is 13.2. The summed E-state index contributed by atoms with van der Waals surface area (Å²) >= 11 is 0. The number of hydrogen-bond acceptors (Lipinski definition) is 2. The van der Waals surface area contributed by atoms with Crippen molar-refractivity contribution >= 4 is 23.6 Å². The van der Waals surface area contributed by atoms with Crippen molar-refractivity contribution in [3.63, 3.8) is 0 Å². The minimum atomic E-state index is -0.0946. The van der Waals surface area contributed by atoms with E-state index in [-0.39, 0.29) is 11.8 Å². The van der Waals surface area contributed by atoms with Crippen LogP contribution in [0.25, 0.3) is 6.08 Å². The van der Waals surface area contributed by atoms with Gasteiger partial charge in [-0.05, 0) is 47.7 Å². The van der Waals surface area contributed by atoms with E-state index in [1.54, 1.807) is 11.0 Å². The Balaban J connectivity index is 1.78. The molecule has 0 radical (unpaired) electrons. The van der Waals surface area contributed by atoms with E-state index in [1.807, 2.05) is 85.8 Å². The van der Waals surface area contributed by atoms with E-state index in [4.69, 9.17) is 0 Å². The highest BCUT2D eigenvalue weighted by Gasteiger charge is 2.15. The van der Waals surface area contributed by atoms with Crippen LogP contribution in [0.5, 0.6) is 0 Å². The van der Waals surface area contributed by atoms with Crippen molar-refractivity contribution in [1.29, 1.82) is 0 Å². The van der Waals surface area contributed by atoms with E-state index in [2.05, 4.69) is 25.2 Å². The molecule has 0 unspecified atom stereocenters. The second kappa shape index (κ2) is 11.8. The molecule has 0 saturated carbocycles. The van der Waals surface area contributed by atoms with Crippen molar-refractivity contribution in [2.45, 2.75) is 33.7 Å². The molecule has 0 aromatic heterocycles. The van der Waals surface area contributed by atoms with E-state index in [0.717, 1.165) is 27.9 Å². The van der Waals surface area contributed by atoms with E-state index < -0.39 is 0 Å². The number of carbonyl (C=O) groups excluding carboxylic acids is 2. The molecule has 0 spiro atoms. The number of benzene rings is 3. The van der Waals surface area contributed by atoms with Gasteiger partial charge < -0.3 is 10.2 Å². The van der Waals surface area contributed by atoms with Gasteiger partial charge in [0, 0.05) is 18.3 Å². The van der Waals surface area contributed by atoms with Crippen LogP contribution in [0.3, 0.4) is 0 Å². The van der Waals surface area contributed by atoms with Gasteiger partial charge in [0.05, 0.1) is 13.0 Å². The Hall–Kier alpha value is -3.66. The van der Waals surface area contributed by atoms with Gasteiger partial charge in [-0.25, -0.2) is 0 Å². The van der Waals surface area contributed by atoms with Crippen molar-refractivity contribution in [3.05, 3.63) is 107 Å². The minimum absolute atomic E-state index is 0.00920. The molecule has 33 heavy (non-hydrogen) atoms. The van der Waals surface area contributed by atoms with E-state index in [1.165, 1.54) is 0 Å². The molecule has 3 rings (SSSR count). The van der Waals surface area contributed by atoms with Gasteiger partial charge in [0.1, 0.15) is 0 Å². The van der Waals surface area contributed by atoms with E-state index >= 15 is 0 Å². The summed E-state index contributed by atoms with van der Waals surface area (Å²) in [4.78, 5) is 27.1. The SMILES string of the molecule is Cc1cccc(CN(C(=O)/C=C/c2ccccc2)c2ccc(CC(=O)NCC(C)C)cc2)c1. The predicted molar refractivity (Wildman–Crippen MR) is 136 cm³/mol. The summed E-state index contributed by atoms with van der Waals surface area (Å²) in [5, 5.41) is 2.94. The fraction of sp³-hybridized carbons (Fsp3) is 0.241. The van der Waals surface area contributed by atoms with Crippen LogP contribution in [0.1, 0.15) is 36.1 Å². The summed E-state index contributed by atoms with van der Waals surface area (Å²) in [6.45, 7) is 7.32. The number of carbonyl (C=O) groups is 2. The third-order valence-corrected chi connectivity index (χ3v) is 5.23. The van der Waals surface area contributed by atoms with Crippen molar-refractivity contribution in [2.24, 2.45) is 5.92 Å². The summed E-state index contributed by atoms with van der Waals surface area (Å²) in [7, 11) is 0. The van der Waals surface area contributed by atoms with Gasteiger partial charge in [0.15, 0.2) is 0 Å². The largest absolute Gasteiger partial charge is 0.356 e. The molecule has 0 heterocycles. The minimum Gasteiger partial charge on any atom is -0.356 e. The molecule has 170 valence electrons. The Morgan fingerprint density at radius 3 is 2.30 bits per heavy atom. The molecule has 1 N–H and O–H groups in total. The van der Waals surface area contributed by atoms with Gasteiger partial charge in [-0.15, -0.1) is 0 Å². The van der Waals surface area contributed by atoms with Gasteiger partial charge in [-0.2, -0.15) is 0 Å². The van der Waals surface area contributed by atoms with Gasteiger partial charge >= 0.3 is 0 Å². The molecule has 3 aromatic carbocycles. The van der Waals surface area contributed by atoms with Gasteiger partial charge in [-0.1, -0.05) is 86.1 Å². The molecule has 0 fully saturated rings. The zero-order valence-electron chi connectivity index (χ0n) is 19.6. The Bertz CT molecular complexity index is 1090. The van der Waals surface area contributed by atoms with Crippen molar-refractivity contribution < 1.29 is 9.59 Å². The van der Waals surface area contributed by atoms with Crippen LogP contribution in [-0.4, -0.2) is 18.4 Å². The van der Waals surface area contributed by atoms with Crippen molar-refractivity contribution in [2.75, 3.05) is 11.4 Å². The monoisotopic (exact) mass is 440 g/mol. The molecule has 0 bridgehead atoms. The lowest BCUT2D eigenvalue weighted by Gasteiger charge is -2.22. The Kier molecular flexibility index (Phi) is 8.59. The molecule has 0 saturated heterocycles. The highest BCUT2D eigenvalue weighted by Crippen LogP contribution is 2.20. The molecule has 0 aliphatic heterocycles.